The van der Waals surface area contributed by atoms with Crippen molar-refractivity contribution in [2.45, 2.75) is 37.6 Å². The highest BCUT2D eigenvalue weighted by atomic mass is 19.1. The maximum atomic E-state index is 14.0. The van der Waals surface area contributed by atoms with Gasteiger partial charge < -0.3 is 9.88 Å². The molecule has 2 fully saturated rings. The number of benzene rings is 2. The van der Waals surface area contributed by atoms with E-state index in [0.29, 0.717) is 17.4 Å². The Bertz CT molecular complexity index is 1400. The van der Waals surface area contributed by atoms with Crippen molar-refractivity contribution in [1.82, 2.24) is 24.8 Å². The minimum atomic E-state index is -0.210. The zero-order valence-corrected chi connectivity index (χ0v) is 20.2. The van der Waals surface area contributed by atoms with Crippen LogP contribution in [0.4, 0.5) is 4.39 Å². The molecule has 2 aromatic carbocycles. The molecule has 1 atom stereocenters. The lowest BCUT2D eigenvalue weighted by atomic mass is 9.86. The van der Waals surface area contributed by atoms with Crippen molar-refractivity contribution in [2.24, 2.45) is 5.92 Å². The van der Waals surface area contributed by atoms with Gasteiger partial charge in [-0.05, 0) is 98.6 Å². The van der Waals surface area contributed by atoms with Crippen LogP contribution in [0.5, 0.6) is 0 Å². The summed E-state index contributed by atoms with van der Waals surface area (Å²) in [6.45, 7) is 1.96. The molecule has 0 spiro atoms. The van der Waals surface area contributed by atoms with Crippen LogP contribution >= 0.6 is 0 Å². The van der Waals surface area contributed by atoms with Crippen LogP contribution in [-0.4, -0.2) is 57.8 Å². The van der Waals surface area contributed by atoms with E-state index in [1.54, 1.807) is 31.1 Å². The van der Waals surface area contributed by atoms with Crippen LogP contribution in [0.15, 0.2) is 48.7 Å². The number of hydrogen-bond donors (Lipinski definition) is 1. The number of H-pyrrole nitrogens is 1. The Morgan fingerprint density at radius 2 is 1.83 bits per heavy atom. The van der Waals surface area contributed by atoms with Gasteiger partial charge in [0.1, 0.15) is 11.6 Å². The van der Waals surface area contributed by atoms with Crippen molar-refractivity contribution >= 4 is 27.8 Å². The number of carbonyl (C=O) groups excluding carboxylic acids is 1. The predicted octanol–water partition coefficient (Wildman–Crippen LogP) is 5.28. The molecule has 1 saturated heterocycles. The molecule has 7 heteroatoms. The molecule has 1 aliphatic carbocycles. The Labute approximate surface area is 204 Å². The number of aromatic amines is 1. The zero-order valence-electron chi connectivity index (χ0n) is 20.2. The van der Waals surface area contributed by atoms with Gasteiger partial charge in [-0.3, -0.25) is 14.7 Å². The number of piperidine rings is 1. The monoisotopic (exact) mass is 471 g/mol. The molecule has 180 valence electrons. The standard InChI is InChI=1S/C28H30FN5O/c1-33(2)28(35)19-5-7-24-25(15-19)32-27(31-24)26(18-3-4-18)34-13-10-17(11-14-34)21-9-12-30-23-8-6-20(29)16-22(21)23/h5-9,12,15-18,26H,3-4,10-11,13-14H2,1-2H3,(H,31,32)/t26-/m1/s1. The average molecular weight is 472 g/mol. The summed E-state index contributed by atoms with van der Waals surface area (Å²) in [7, 11) is 3.53. The molecule has 4 aromatic rings. The summed E-state index contributed by atoms with van der Waals surface area (Å²) in [6.07, 6.45) is 6.35. The largest absolute Gasteiger partial charge is 0.345 e. The highest BCUT2D eigenvalue weighted by Gasteiger charge is 2.39. The first-order valence-electron chi connectivity index (χ1n) is 12.5. The van der Waals surface area contributed by atoms with Gasteiger partial charge in [0.15, 0.2) is 0 Å². The van der Waals surface area contributed by atoms with Gasteiger partial charge in [-0.25, -0.2) is 9.37 Å². The van der Waals surface area contributed by atoms with Crippen molar-refractivity contribution in [3.8, 4) is 0 Å². The van der Waals surface area contributed by atoms with Gasteiger partial charge in [0, 0.05) is 31.2 Å². The number of imidazole rings is 1. The van der Waals surface area contributed by atoms with Crippen LogP contribution in [0.3, 0.4) is 0 Å². The Kier molecular flexibility index (Phi) is 5.52. The lowest BCUT2D eigenvalue weighted by molar-refractivity contribution is 0.0827. The number of carbonyl (C=O) groups is 1. The Balaban J connectivity index is 1.24. The number of nitrogens with one attached hydrogen (secondary N) is 1. The molecule has 3 heterocycles. The predicted molar refractivity (Wildman–Crippen MR) is 135 cm³/mol. The van der Waals surface area contributed by atoms with E-state index in [9.17, 15) is 9.18 Å². The van der Waals surface area contributed by atoms with Gasteiger partial charge in [-0.2, -0.15) is 0 Å². The fourth-order valence-electron chi connectivity index (χ4n) is 5.65. The third-order valence-corrected chi connectivity index (χ3v) is 7.60. The van der Waals surface area contributed by atoms with Gasteiger partial charge in [-0.15, -0.1) is 0 Å². The molecule has 0 radical (unpaired) electrons. The number of rotatable bonds is 5. The molecule has 6 rings (SSSR count). The minimum absolute atomic E-state index is 0.00705. The van der Waals surface area contributed by atoms with Crippen molar-refractivity contribution < 1.29 is 9.18 Å². The second-order valence-corrected chi connectivity index (χ2v) is 10.2. The quantitative estimate of drug-likeness (QED) is 0.430. The number of halogens is 1. The van der Waals surface area contributed by atoms with E-state index in [4.69, 9.17) is 4.98 Å². The summed E-state index contributed by atoms with van der Waals surface area (Å²) < 4.78 is 14.0. The molecular formula is C28H30FN5O. The summed E-state index contributed by atoms with van der Waals surface area (Å²) in [4.78, 5) is 29.5. The van der Waals surface area contributed by atoms with Crippen molar-refractivity contribution in [1.29, 1.82) is 0 Å². The van der Waals surface area contributed by atoms with E-state index >= 15 is 0 Å². The fraction of sp³-hybridized carbons (Fsp3) is 0.393. The molecule has 1 N–H and O–H groups in total. The first kappa shape index (κ1) is 22.2. The first-order chi connectivity index (χ1) is 17.0. The second-order valence-electron chi connectivity index (χ2n) is 10.2. The maximum Gasteiger partial charge on any atom is 0.253 e. The highest BCUT2D eigenvalue weighted by Crippen LogP contribution is 2.46. The van der Waals surface area contributed by atoms with Crippen molar-refractivity contribution in [3.05, 3.63) is 71.4 Å². The summed E-state index contributed by atoms with van der Waals surface area (Å²) in [5.41, 5.74) is 4.55. The van der Waals surface area contributed by atoms with Gasteiger partial charge in [0.05, 0.1) is 22.6 Å². The average Bonchev–Trinajstić information content (AvgIpc) is 3.61. The molecule has 1 saturated carbocycles. The second kappa shape index (κ2) is 8.72. The van der Waals surface area contributed by atoms with Gasteiger partial charge >= 0.3 is 0 Å². The van der Waals surface area contributed by atoms with Crippen molar-refractivity contribution in [3.63, 3.8) is 0 Å². The fourth-order valence-corrected chi connectivity index (χ4v) is 5.65. The van der Waals surface area contributed by atoms with Crippen LogP contribution in [0.25, 0.3) is 21.9 Å². The molecule has 1 aliphatic heterocycles. The van der Waals surface area contributed by atoms with Crippen LogP contribution in [0.2, 0.25) is 0 Å². The molecule has 35 heavy (non-hydrogen) atoms. The number of pyridine rings is 1. The number of aromatic nitrogens is 3. The molecule has 2 aromatic heterocycles. The van der Waals surface area contributed by atoms with Crippen LogP contribution in [-0.2, 0) is 0 Å². The lowest BCUT2D eigenvalue weighted by Gasteiger charge is -2.37. The van der Waals surface area contributed by atoms with Crippen LogP contribution in [0, 0.1) is 11.7 Å². The van der Waals surface area contributed by atoms with E-state index in [-0.39, 0.29) is 17.8 Å². The number of amides is 1. The summed E-state index contributed by atoms with van der Waals surface area (Å²) in [5.74, 6) is 1.80. The Morgan fingerprint density at radius 3 is 2.57 bits per heavy atom. The molecule has 0 unspecified atom stereocenters. The molecular weight excluding hydrogens is 441 g/mol. The topological polar surface area (TPSA) is 65.1 Å². The van der Waals surface area contributed by atoms with Gasteiger partial charge in [-0.1, -0.05) is 0 Å². The smallest absolute Gasteiger partial charge is 0.253 e. The number of fused-ring (bicyclic) bond motifs is 2. The first-order valence-corrected chi connectivity index (χ1v) is 12.5. The summed E-state index contributed by atoms with van der Waals surface area (Å²) in [5, 5.41) is 0.935. The number of likely N-dealkylation sites (tertiary alicyclic amines) is 1. The third kappa shape index (κ3) is 4.18. The van der Waals surface area contributed by atoms with E-state index in [1.165, 1.54) is 24.5 Å². The number of hydrogen-bond acceptors (Lipinski definition) is 4. The lowest BCUT2D eigenvalue weighted by Crippen LogP contribution is -2.37. The van der Waals surface area contributed by atoms with E-state index in [1.807, 2.05) is 24.4 Å². The number of nitrogens with zero attached hydrogens (tertiary/aromatic N) is 4. The zero-order chi connectivity index (χ0) is 24.1. The van der Waals surface area contributed by atoms with Gasteiger partial charge in [0.2, 0.25) is 0 Å². The maximum absolute atomic E-state index is 14.0. The Morgan fingerprint density at radius 1 is 1.06 bits per heavy atom. The van der Waals surface area contributed by atoms with E-state index in [2.05, 4.69) is 20.9 Å². The third-order valence-electron chi connectivity index (χ3n) is 7.60. The molecule has 6 nitrogen and oxygen atoms in total. The molecule has 1 amide bonds. The van der Waals surface area contributed by atoms with E-state index < -0.39 is 0 Å². The minimum Gasteiger partial charge on any atom is -0.345 e. The van der Waals surface area contributed by atoms with Gasteiger partial charge in [0.25, 0.3) is 5.91 Å². The normalized spacial score (nSPS) is 18.3. The van der Waals surface area contributed by atoms with E-state index in [0.717, 1.165) is 53.7 Å². The highest BCUT2D eigenvalue weighted by molar-refractivity contribution is 5.97. The van der Waals surface area contributed by atoms with Crippen LogP contribution < -0.4 is 0 Å². The SMILES string of the molecule is CN(C)C(=O)c1ccc2nc([C@@H](C3CC3)N3CCC(c4ccnc5ccc(F)cc45)CC3)[nH]c2c1. The van der Waals surface area contributed by atoms with Crippen LogP contribution in [0.1, 0.15) is 59.4 Å². The summed E-state index contributed by atoms with van der Waals surface area (Å²) >= 11 is 0. The molecule has 2 aliphatic rings. The summed E-state index contributed by atoms with van der Waals surface area (Å²) in [6, 6.07) is 12.9. The Hall–Kier alpha value is -3.32. The molecule has 0 bridgehead atoms. The van der Waals surface area contributed by atoms with Crippen molar-refractivity contribution in [2.75, 3.05) is 27.2 Å².